The lowest BCUT2D eigenvalue weighted by atomic mass is 10.1. The van der Waals surface area contributed by atoms with Crippen LogP contribution < -0.4 is 4.90 Å². The van der Waals surface area contributed by atoms with Gasteiger partial charge in [-0.1, -0.05) is 0 Å². The van der Waals surface area contributed by atoms with Gasteiger partial charge in [0.25, 0.3) is 0 Å². The summed E-state index contributed by atoms with van der Waals surface area (Å²) >= 11 is 0. The second-order valence-electron chi connectivity index (χ2n) is 5.19. The summed E-state index contributed by atoms with van der Waals surface area (Å²) in [5.41, 5.74) is 2.36. The van der Waals surface area contributed by atoms with E-state index in [9.17, 15) is 0 Å². The molecule has 20 heavy (non-hydrogen) atoms. The Morgan fingerprint density at radius 2 is 2.15 bits per heavy atom. The van der Waals surface area contributed by atoms with Gasteiger partial charge in [0.2, 0.25) is 0 Å². The van der Waals surface area contributed by atoms with Gasteiger partial charge in [0.05, 0.1) is 31.0 Å². The van der Waals surface area contributed by atoms with Crippen LogP contribution in [-0.4, -0.2) is 49.7 Å². The van der Waals surface area contributed by atoms with E-state index in [4.69, 9.17) is 9.47 Å². The van der Waals surface area contributed by atoms with Crippen molar-refractivity contribution in [2.24, 2.45) is 0 Å². The van der Waals surface area contributed by atoms with Crippen molar-refractivity contribution in [2.45, 2.75) is 18.9 Å². The molecule has 1 aliphatic rings. The second kappa shape index (κ2) is 6.24. The van der Waals surface area contributed by atoms with Crippen LogP contribution in [0.5, 0.6) is 0 Å². The highest BCUT2D eigenvalue weighted by Gasteiger charge is 2.20. The third-order valence-corrected chi connectivity index (χ3v) is 3.87. The van der Waals surface area contributed by atoms with E-state index in [0.29, 0.717) is 19.3 Å². The van der Waals surface area contributed by atoms with Crippen LogP contribution in [-0.2, 0) is 9.47 Å². The molecule has 2 aromatic rings. The molecular formula is C15H21N3O2. The molecule has 0 unspecified atom stereocenters. The van der Waals surface area contributed by atoms with Crippen molar-refractivity contribution >= 4 is 16.6 Å². The normalized spacial score (nSPS) is 16.9. The quantitative estimate of drug-likeness (QED) is 0.850. The van der Waals surface area contributed by atoms with E-state index in [2.05, 4.69) is 33.3 Å². The summed E-state index contributed by atoms with van der Waals surface area (Å²) in [6.07, 6.45) is 4.38. The lowest BCUT2D eigenvalue weighted by molar-refractivity contribution is 0.00610. The predicted octanol–water partition coefficient (Wildman–Crippen LogP) is 2.19. The zero-order valence-electron chi connectivity index (χ0n) is 11.8. The fourth-order valence-corrected chi connectivity index (χ4v) is 2.70. The third-order valence-electron chi connectivity index (χ3n) is 3.87. The molecule has 5 nitrogen and oxygen atoms in total. The number of rotatable bonds is 5. The van der Waals surface area contributed by atoms with Gasteiger partial charge in [-0.2, -0.15) is 5.10 Å². The summed E-state index contributed by atoms with van der Waals surface area (Å²) in [6, 6.07) is 6.47. The Kier molecular flexibility index (Phi) is 4.18. The number of nitrogens with zero attached hydrogens (tertiary/aromatic N) is 2. The molecule has 2 heterocycles. The summed E-state index contributed by atoms with van der Waals surface area (Å²) in [6.45, 7) is 3.45. The number of aromatic amines is 1. The van der Waals surface area contributed by atoms with Crippen molar-refractivity contribution in [2.75, 3.05) is 38.3 Å². The molecule has 0 bridgehead atoms. The highest BCUT2D eigenvalue weighted by Crippen LogP contribution is 2.24. The van der Waals surface area contributed by atoms with E-state index in [1.165, 1.54) is 5.69 Å². The molecule has 1 N–H and O–H groups in total. The van der Waals surface area contributed by atoms with Crippen molar-refractivity contribution in [1.82, 2.24) is 10.2 Å². The number of piperidine rings is 1. The number of nitrogens with one attached hydrogen (secondary N) is 1. The summed E-state index contributed by atoms with van der Waals surface area (Å²) in [7, 11) is 1.71. The zero-order valence-corrected chi connectivity index (χ0v) is 11.8. The van der Waals surface area contributed by atoms with E-state index in [1.54, 1.807) is 7.11 Å². The smallest absolute Gasteiger partial charge is 0.0704 e. The standard InChI is InChI=1S/C15H21N3O2/c1-19-8-9-20-14-4-6-18(7-5-14)13-3-2-12-11-16-17-15(12)10-13/h2-3,10-11,14H,4-9H2,1H3,(H,16,17). The summed E-state index contributed by atoms with van der Waals surface area (Å²) < 4.78 is 10.8. The molecule has 1 aliphatic heterocycles. The number of hydrogen-bond acceptors (Lipinski definition) is 4. The first-order chi connectivity index (χ1) is 9.86. The van der Waals surface area contributed by atoms with E-state index in [1.807, 2.05) is 6.20 Å². The molecule has 0 spiro atoms. The highest BCUT2D eigenvalue weighted by molar-refractivity contribution is 5.81. The van der Waals surface area contributed by atoms with Gasteiger partial charge < -0.3 is 14.4 Å². The van der Waals surface area contributed by atoms with Crippen LogP contribution in [0.4, 0.5) is 5.69 Å². The maximum Gasteiger partial charge on any atom is 0.0704 e. The lowest BCUT2D eigenvalue weighted by Crippen LogP contribution is -2.37. The van der Waals surface area contributed by atoms with Crippen molar-refractivity contribution in [1.29, 1.82) is 0 Å². The predicted molar refractivity (Wildman–Crippen MR) is 79.2 cm³/mol. The van der Waals surface area contributed by atoms with Crippen LogP contribution in [0.1, 0.15) is 12.8 Å². The molecule has 3 rings (SSSR count). The Morgan fingerprint density at radius 3 is 2.95 bits per heavy atom. The Labute approximate surface area is 118 Å². The molecule has 1 aromatic heterocycles. The number of hydrogen-bond donors (Lipinski definition) is 1. The molecule has 0 atom stereocenters. The maximum absolute atomic E-state index is 5.80. The van der Waals surface area contributed by atoms with Crippen molar-refractivity contribution < 1.29 is 9.47 Å². The number of H-pyrrole nitrogens is 1. The van der Waals surface area contributed by atoms with Gasteiger partial charge in [-0.15, -0.1) is 0 Å². The molecule has 108 valence electrons. The number of fused-ring (bicyclic) bond motifs is 1. The van der Waals surface area contributed by atoms with Crippen molar-refractivity contribution in [3.8, 4) is 0 Å². The molecule has 0 aliphatic carbocycles. The van der Waals surface area contributed by atoms with Crippen LogP contribution in [0.15, 0.2) is 24.4 Å². The highest BCUT2D eigenvalue weighted by atomic mass is 16.5. The number of methoxy groups -OCH3 is 1. The van der Waals surface area contributed by atoms with Gasteiger partial charge in [-0.25, -0.2) is 0 Å². The average Bonchev–Trinajstić information content (AvgIpc) is 2.96. The minimum absolute atomic E-state index is 0.372. The molecule has 0 amide bonds. The van der Waals surface area contributed by atoms with Gasteiger partial charge in [0.15, 0.2) is 0 Å². The maximum atomic E-state index is 5.80. The topological polar surface area (TPSA) is 50.4 Å². The monoisotopic (exact) mass is 275 g/mol. The number of anilines is 1. The first kappa shape index (κ1) is 13.4. The van der Waals surface area contributed by atoms with Gasteiger partial charge in [-0.05, 0) is 31.0 Å². The molecule has 1 aromatic carbocycles. The van der Waals surface area contributed by atoms with Crippen molar-refractivity contribution in [3.63, 3.8) is 0 Å². The molecular weight excluding hydrogens is 254 g/mol. The second-order valence-corrected chi connectivity index (χ2v) is 5.19. The Morgan fingerprint density at radius 1 is 1.30 bits per heavy atom. The zero-order chi connectivity index (χ0) is 13.8. The SMILES string of the molecule is COCCOC1CCN(c2ccc3cn[nH]c3c2)CC1. The molecule has 1 fully saturated rings. The minimum atomic E-state index is 0.372. The van der Waals surface area contributed by atoms with Gasteiger partial charge >= 0.3 is 0 Å². The van der Waals surface area contributed by atoms with E-state index in [-0.39, 0.29) is 0 Å². The Bertz CT molecular complexity index is 547. The molecule has 5 heteroatoms. The first-order valence-corrected chi connectivity index (χ1v) is 7.15. The fraction of sp³-hybridized carbons (Fsp3) is 0.533. The number of benzene rings is 1. The van der Waals surface area contributed by atoms with E-state index in [0.717, 1.165) is 36.8 Å². The Hall–Kier alpha value is -1.59. The van der Waals surface area contributed by atoms with Gasteiger partial charge in [0, 0.05) is 31.3 Å². The first-order valence-electron chi connectivity index (χ1n) is 7.15. The molecule has 0 radical (unpaired) electrons. The fourth-order valence-electron chi connectivity index (χ4n) is 2.70. The van der Waals surface area contributed by atoms with Crippen LogP contribution in [0.2, 0.25) is 0 Å². The van der Waals surface area contributed by atoms with Crippen LogP contribution in [0.25, 0.3) is 10.9 Å². The minimum Gasteiger partial charge on any atom is -0.382 e. The largest absolute Gasteiger partial charge is 0.382 e. The lowest BCUT2D eigenvalue weighted by Gasteiger charge is -2.33. The van der Waals surface area contributed by atoms with E-state index >= 15 is 0 Å². The summed E-state index contributed by atoms with van der Waals surface area (Å²) in [5.74, 6) is 0. The number of aromatic nitrogens is 2. The third kappa shape index (κ3) is 2.94. The van der Waals surface area contributed by atoms with Crippen LogP contribution >= 0.6 is 0 Å². The summed E-state index contributed by atoms with van der Waals surface area (Å²) in [4.78, 5) is 2.41. The number of ether oxygens (including phenoxy) is 2. The molecule has 0 saturated carbocycles. The summed E-state index contributed by atoms with van der Waals surface area (Å²) in [5, 5.41) is 8.25. The van der Waals surface area contributed by atoms with Gasteiger partial charge in [0.1, 0.15) is 0 Å². The Balaban J connectivity index is 1.57. The molecule has 1 saturated heterocycles. The average molecular weight is 275 g/mol. The van der Waals surface area contributed by atoms with E-state index < -0.39 is 0 Å². The van der Waals surface area contributed by atoms with Crippen LogP contribution in [0.3, 0.4) is 0 Å². The van der Waals surface area contributed by atoms with Gasteiger partial charge in [-0.3, -0.25) is 5.10 Å². The van der Waals surface area contributed by atoms with Crippen LogP contribution in [0, 0.1) is 0 Å². The van der Waals surface area contributed by atoms with Crippen molar-refractivity contribution in [3.05, 3.63) is 24.4 Å².